The molecule has 0 aliphatic heterocycles. The Bertz CT molecular complexity index is 699. The highest BCUT2D eigenvalue weighted by molar-refractivity contribution is 6.02. The second-order valence-corrected chi connectivity index (χ2v) is 3.97. The number of amides is 2. The molecule has 2 amide bonds. The van der Waals surface area contributed by atoms with Gasteiger partial charge in [0.1, 0.15) is 0 Å². The maximum Gasteiger partial charge on any atom is 0.313 e. The van der Waals surface area contributed by atoms with Crippen molar-refractivity contribution in [3.8, 4) is 0 Å². The topological polar surface area (TPSA) is 136 Å². The van der Waals surface area contributed by atoms with Crippen molar-refractivity contribution in [1.82, 2.24) is 20.4 Å². The van der Waals surface area contributed by atoms with Crippen molar-refractivity contribution >= 4 is 23.2 Å². The fraction of sp³-hybridized carbons (Fsp3) is 0. The molecule has 1 aromatic carbocycles. The molecule has 0 atom stereocenters. The van der Waals surface area contributed by atoms with E-state index >= 15 is 0 Å². The summed E-state index contributed by atoms with van der Waals surface area (Å²) < 4.78 is 9.54. The molecule has 0 saturated carbocycles. The van der Waals surface area contributed by atoms with E-state index in [0.717, 1.165) is 12.8 Å². The molecule has 0 bridgehead atoms. The predicted octanol–water partition coefficient (Wildman–Crippen LogP) is 0.957. The van der Waals surface area contributed by atoms with E-state index in [1.54, 1.807) is 24.3 Å². The van der Waals surface area contributed by atoms with Crippen LogP contribution in [0.1, 0.15) is 21.4 Å². The van der Waals surface area contributed by atoms with Gasteiger partial charge in [0.05, 0.1) is 0 Å². The fourth-order valence-electron chi connectivity index (χ4n) is 1.55. The lowest BCUT2D eigenvalue weighted by Gasteiger charge is -2.05. The van der Waals surface area contributed by atoms with Crippen molar-refractivity contribution in [2.24, 2.45) is 0 Å². The lowest BCUT2D eigenvalue weighted by molar-refractivity contribution is 0.0982. The maximum atomic E-state index is 11.7. The lowest BCUT2D eigenvalue weighted by Crippen LogP contribution is -2.13. The third-order valence-corrected chi connectivity index (χ3v) is 2.51. The standard InChI is InChI=1S/C12H8N6O4/c19-9(11-17-13-5-21-11)15-7-1-2-8(4-3-7)16-10(20)12-18-14-6-22-12/h1-6H,(H,15,19)(H,16,20). The van der Waals surface area contributed by atoms with Gasteiger partial charge in [0, 0.05) is 11.4 Å². The molecular formula is C12H8N6O4. The Morgan fingerprint density at radius 2 is 1.18 bits per heavy atom. The van der Waals surface area contributed by atoms with E-state index < -0.39 is 11.8 Å². The SMILES string of the molecule is O=C(Nc1ccc(NC(=O)c2nnco2)cc1)c1nnco1. The zero-order valence-electron chi connectivity index (χ0n) is 10.9. The lowest BCUT2D eigenvalue weighted by atomic mass is 10.2. The number of nitrogens with zero attached hydrogens (tertiary/aromatic N) is 4. The molecule has 2 N–H and O–H groups in total. The van der Waals surface area contributed by atoms with Gasteiger partial charge in [0.25, 0.3) is 0 Å². The largest absolute Gasteiger partial charge is 0.420 e. The Kier molecular flexibility index (Phi) is 3.56. The first kappa shape index (κ1) is 13.4. The molecule has 3 rings (SSSR count). The van der Waals surface area contributed by atoms with Crippen LogP contribution < -0.4 is 10.6 Å². The van der Waals surface area contributed by atoms with Crippen LogP contribution in [0.3, 0.4) is 0 Å². The summed E-state index contributed by atoms with van der Waals surface area (Å²) in [6.45, 7) is 0. The molecule has 0 unspecified atom stereocenters. The molecule has 0 spiro atoms. The minimum absolute atomic E-state index is 0.145. The molecule has 10 heteroatoms. The number of carbonyl (C=O) groups excluding carboxylic acids is 2. The van der Waals surface area contributed by atoms with Gasteiger partial charge < -0.3 is 19.5 Å². The normalized spacial score (nSPS) is 10.2. The second kappa shape index (κ2) is 5.83. The minimum Gasteiger partial charge on any atom is -0.420 e. The first-order chi connectivity index (χ1) is 10.7. The second-order valence-electron chi connectivity index (χ2n) is 3.97. The molecule has 0 fully saturated rings. The average Bonchev–Trinajstić information content (AvgIpc) is 3.23. The molecule has 10 nitrogen and oxygen atoms in total. The smallest absolute Gasteiger partial charge is 0.313 e. The number of carbonyl (C=O) groups is 2. The molecule has 2 heterocycles. The Labute approximate surface area is 122 Å². The Balaban J connectivity index is 1.63. The third-order valence-electron chi connectivity index (χ3n) is 2.51. The number of benzene rings is 1. The summed E-state index contributed by atoms with van der Waals surface area (Å²) >= 11 is 0. The molecule has 0 radical (unpaired) electrons. The first-order valence-corrected chi connectivity index (χ1v) is 5.97. The van der Waals surface area contributed by atoms with Crippen molar-refractivity contribution in [2.75, 3.05) is 10.6 Å². The number of aromatic nitrogens is 4. The van der Waals surface area contributed by atoms with E-state index in [-0.39, 0.29) is 11.8 Å². The van der Waals surface area contributed by atoms with E-state index in [1.807, 2.05) is 0 Å². The quantitative estimate of drug-likeness (QED) is 0.726. The van der Waals surface area contributed by atoms with Crippen LogP contribution in [0, 0.1) is 0 Å². The molecule has 0 aliphatic rings. The van der Waals surface area contributed by atoms with E-state index in [0.29, 0.717) is 11.4 Å². The maximum absolute atomic E-state index is 11.7. The molecule has 110 valence electrons. The molecule has 0 saturated heterocycles. The Hall–Kier alpha value is -3.56. The summed E-state index contributed by atoms with van der Waals surface area (Å²) in [6.07, 6.45) is 2.12. The summed E-state index contributed by atoms with van der Waals surface area (Å²) in [5, 5.41) is 18.9. The monoisotopic (exact) mass is 300 g/mol. The van der Waals surface area contributed by atoms with Crippen LogP contribution in [-0.2, 0) is 0 Å². The van der Waals surface area contributed by atoms with Gasteiger partial charge in [-0.2, -0.15) is 0 Å². The summed E-state index contributed by atoms with van der Waals surface area (Å²) in [7, 11) is 0. The van der Waals surface area contributed by atoms with Crippen molar-refractivity contribution in [2.45, 2.75) is 0 Å². The minimum atomic E-state index is -0.528. The van der Waals surface area contributed by atoms with Crippen LogP contribution in [0.2, 0.25) is 0 Å². The molecule has 0 aliphatic carbocycles. The zero-order valence-corrected chi connectivity index (χ0v) is 10.9. The van der Waals surface area contributed by atoms with Crippen molar-refractivity contribution in [3.63, 3.8) is 0 Å². The fourth-order valence-corrected chi connectivity index (χ4v) is 1.55. The van der Waals surface area contributed by atoms with Crippen molar-refractivity contribution < 1.29 is 18.4 Å². The van der Waals surface area contributed by atoms with Crippen LogP contribution in [0.15, 0.2) is 45.9 Å². The van der Waals surface area contributed by atoms with Gasteiger partial charge in [-0.1, -0.05) is 0 Å². The van der Waals surface area contributed by atoms with Crippen LogP contribution in [0.5, 0.6) is 0 Å². The number of hydrogen-bond acceptors (Lipinski definition) is 8. The van der Waals surface area contributed by atoms with E-state index in [1.165, 1.54) is 0 Å². The number of anilines is 2. The van der Waals surface area contributed by atoms with Crippen molar-refractivity contribution in [3.05, 3.63) is 48.8 Å². The summed E-state index contributed by atoms with van der Waals surface area (Å²) in [5.74, 6) is -1.34. The van der Waals surface area contributed by atoms with Crippen LogP contribution in [0.4, 0.5) is 11.4 Å². The molecule has 3 aromatic rings. The van der Waals surface area contributed by atoms with Crippen molar-refractivity contribution in [1.29, 1.82) is 0 Å². The van der Waals surface area contributed by atoms with Gasteiger partial charge in [-0.05, 0) is 24.3 Å². The highest BCUT2D eigenvalue weighted by Gasteiger charge is 2.13. The third kappa shape index (κ3) is 2.95. The highest BCUT2D eigenvalue weighted by Crippen LogP contribution is 2.15. The summed E-state index contributed by atoms with van der Waals surface area (Å²) in [4.78, 5) is 23.4. The number of hydrogen-bond donors (Lipinski definition) is 2. The average molecular weight is 300 g/mol. The van der Waals surface area contributed by atoms with Crippen LogP contribution in [0.25, 0.3) is 0 Å². The van der Waals surface area contributed by atoms with Crippen LogP contribution in [-0.4, -0.2) is 32.2 Å². The van der Waals surface area contributed by atoms with Crippen LogP contribution >= 0.6 is 0 Å². The van der Waals surface area contributed by atoms with Gasteiger partial charge in [0.15, 0.2) is 0 Å². The van der Waals surface area contributed by atoms with Gasteiger partial charge in [-0.15, -0.1) is 20.4 Å². The van der Waals surface area contributed by atoms with E-state index in [9.17, 15) is 9.59 Å². The van der Waals surface area contributed by atoms with E-state index in [2.05, 4.69) is 31.0 Å². The molecular weight excluding hydrogens is 292 g/mol. The Morgan fingerprint density at radius 1 is 0.773 bits per heavy atom. The van der Waals surface area contributed by atoms with Gasteiger partial charge in [0.2, 0.25) is 12.8 Å². The van der Waals surface area contributed by atoms with Gasteiger partial charge in [-0.3, -0.25) is 9.59 Å². The zero-order chi connectivity index (χ0) is 15.4. The first-order valence-electron chi connectivity index (χ1n) is 5.97. The Morgan fingerprint density at radius 3 is 1.50 bits per heavy atom. The number of rotatable bonds is 4. The molecule has 22 heavy (non-hydrogen) atoms. The summed E-state index contributed by atoms with van der Waals surface area (Å²) in [6, 6.07) is 6.38. The van der Waals surface area contributed by atoms with Gasteiger partial charge >= 0.3 is 23.6 Å². The predicted molar refractivity (Wildman–Crippen MR) is 70.9 cm³/mol. The molecule has 2 aromatic heterocycles. The summed E-state index contributed by atoms with van der Waals surface area (Å²) in [5.41, 5.74) is 0.998. The van der Waals surface area contributed by atoms with E-state index in [4.69, 9.17) is 8.83 Å². The highest BCUT2D eigenvalue weighted by atomic mass is 16.4. The van der Waals surface area contributed by atoms with Gasteiger partial charge in [-0.25, -0.2) is 0 Å². The number of nitrogens with one attached hydrogen (secondary N) is 2.